The number of hydrogen-bond donors (Lipinski definition) is 0. The Bertz CT molecular complexity index is 457. The molecule has 19 heavy (non-hydrogen) atoms. The quantitative estimate of drug-likeness (QED) is 0.787. The fourth-order valence-corrected chi connectivity index (χ4v) is 3.15. The van der Waals surface area contributed by atoms with Crippen molar-refractivity contribution in [3.8, 4) is 0 Å². The highest BCUT2D eigenvalue weighted by atomic mass is 79.9. The van der Waals surface area contributed by atoms with Crippen LogP contribution in [-0.2, 0) is 4.74 Å². The van der Waals surface area contributed by atoms with Gasteiger partial charge in [-0.15, -0.1) is 0 Å². The highest BCUT2D eigenvalue weighted by Crippen LogP contribution is 2.25. The van der Waals surface area contributed by atoms with Crippen LogP contribution in [0.25, 0.3) is 0 Å². The van der Waals surface area contributed by atoms with Crippen LogP contribution < -0.4 is 0 Å². The van der Waals surface area contributed by atoms with Gasteiger partial charge in [-0.3, -0.25) is 4.79 Å². The normalized spacial score (nSPS) is 16.7. The zero-order valence-electron chi connectivity index (χ0n) is 10.9. The van der Waals surface area contributed by atoms with Gasteiger partial charge in [0.05, 0.1) is 5.56 Å². The second kappa shape index (κ2) is 6.86. The molecule has 0 atom stereocenters. The number of ether oxygens (including phenoxy) is 1. The van der Waals surface area contributed by atoms with E-state index >= 15 is 0 Å². The van der Waals surface area contributed by atoms with Crippen molar-refractivity contribution in [1.82, 2.24) is 4.90 Å². The third-order valence-electron chi connectivity index (χ3n) is 3.46. The Labute approximate surface area is 130 Å². The van der Waals surface area contributed by atoms with Crippen LogP contribution in [-0.4, -0.2) is 37.6 Å². The maximum Gasteiger partial charge on any atom is 0.255 e. The zero-order chi connectivity index (χ0) is 13.8. The standard InChI is InChI=1S/C14H17Br2NO2/c1-19-9-10-4-6-17(7-5-10)14(18)12-8-11(15)2-3-13(12)16/h2-3,8,10H,4-7,9H2,1H3. The summed E-state index contributed by atoms with van der Waals surface area (Å²) in [6.07, 6.45) is 2.04. The molecular weight excluding hydrogens is 374 g/mol. The molecule has 0 spiro atoms. The van der Waals surface area contributed by atoms with Crippen molar-refractivity contribution in [3.05, 3.63) is 32.7 Å². The molecule has 1 aromatic rings. The van der Waals surface area contributed by atoms with Crippen molar-refractivity contribution in [2.24, 2.45) is 5.92 Å². The molecule has 1 saturated heterocycles. The van der Waals surface area contributed by atoms with Crippen LogP contribution in [0.5, 0.6) is 0 Å². The summed E-state index contributed by atoms with van der Waals surface area (Å²) >= 11 is 6.86. The van der Waals surface area contributed by atoms with Gasteiger partial charge < -0.3 is 9.64 Å². The van der Waals surface area contributed by atoms with Gasteiger partial charge in [-0.05, 0) is 52.9 Å². The Morgan fingerprint density at radius 3 is 2.68 bits per heavy atom. The second-order valence-electron chi connectivity index (χ2n) is 4.82. The van der Waals surface area contributed by atoms with Crippen molar-refractivity contribution in [3.63, 3.8) is 0 Å². The van der Waals surface area contributed by atoms with Gasteiger partial charge in [0, 0.05) is 35.8 Å². The molecule has 0 bridgehead atoms. The Kier molecular flexibility index (Phi) is 5.42. The second-order valence-corrected chi connectivity index (χ2v) is 6.59. The fourth-order valence-electron chi connectivity index (χ4n) is 2.37. The molecule has 1 aromatic carbocycles. The van der Waals surface area contributed by atoms with Gasteiger partial charge in [0.2, 0.25) is 0 Å². The van der Waals surface area contributed by atoms with E-state index in [2.05, 4.69) is 31.9 Å². The largest absolute Gasteiger partial charge is 0.384 e. The Morgan fingerprint density at radius 2 is 2.05 bits per heavy atom. The number of carbonyl (C=O) groups is 1. The molecule has 1 aliphatic heterocycles. The van der Waals surface area contributed by atoms with E-state index < -0.39 is 0 Å². The first kappa shape index (κ1) is 15.0. The third kappa shape index (κ3) is 3.80. The number of methoxy groups -OCH3 is 1. The average molecular weight is 391 g/mol. The average Bonchev–Trinajstić information content (AvgIpc) is 2.42. The van der Waals surface area contributed by atoms with Crippen molar-refractivity contribution in [2.75, 3.05) is 26.8 Å². The SMILES string of the molecule is COCC1CCN(C(=O)c2cc(Br)ccc2Br)CC1. The van der Waals surface area contributed by atoms with Gasteiger partial charge in [-0.2, -0.15) is 0 Å². The summed E-state index contributed by atoms with van der Waals surface area (Å²) < 4.78 is 6.95. The number of nitrogens with zero attached hydrogens (tertiary/aromatic N) is 1. The maximum atomic E-state index is 12.5. The minimum absolute atomic E-state index is 0.101. The van der Waals surface area contributed by atoms with E-state index in [1.807, 2.05) is 23.1 Å². The van der Waals surface area contributed by atoms with E-state index in [-0.39, 0.29) is 5.91 Å². The topological polar surface area (TPSA) is 29.5 Å². The first-order valence-corrected chi connectivity index (χ1v) is 7.93. The van der Waals surface area contributed by atoms with E-state index in [1.165, 1.54) is 0 Å². The number of benzene rings is 1. The van der Waals surface area contributed by atoms with Crippen molar-refractivity contribution in [2.45, 2.75) is 12.8 Å². The van der Waals surface area contributed by atoms with Gasteiger partial charge >= 0.3 is 0 Å². The lowest BCUT2D eigenvalue weighted by molar-refractivity contribution is 0.0612. The number of carbonyl (C=O) groups excluding carboxylic acids is 1. The maximum absolute atomic E-state index is 12.5. The molecule has 1 fully saturated rings. The Balaban J connectivity index is 2.03. The molecule has 0 aromatic heterocycles. The molecule has 0 N–H and O–H groups in total. The number of halogens is 2. The minimum Gasteiger partial charge on any atom is -0.384 e. The summed E-state index contributed by atoms with van der Waals surface area (Å²) in [6, 6.07) is 5.69. The van der Waals surface area contributed by atoms with Crippen LogP contribution in [0, 0.1) is 5.92 Å². The fraction of sp³-hybridized carbons (Fsp3) is 0.500. The van der Waals surface area contributed by atoms with E-state index in [1.54, 1.807) is 7.11 Å². The number of amides is 1. The Morgan fingerprint density at radius 1 is 1.37 bits per heavy atom. The van der Waals surface area contributed by atoms with E-state index in [0.29, 0.717) is 5.92 Å². The molecule has 0 aliphatic carbocycles. The predicted molar refractivity (Wildman–Crippen MR) is 82.3 cm³/mol. The number of likely N-dealkylation sites (tertiary alicyclic amines) is 1. The van der Waals surface area contributed by atoms with Crippen LogP contribution in [0.4, 0.5) is 0 Å². The molecule has 2 rings (SSSR count). The summed E-state index contributed by atoms with van der Waals surface area (Å²) in [6.45, 7) is 2.42. The van der Waals surface area contributed by atoms with Gasteiger partial charge in [0.1, 0.15) is 0 Å². The number of hydrogen-bond acceptors (Lipinski definition) is 2. The molecule has 1 amide bonds. The van der Waals surface area contributed by atoms with Gasteiger partial charge in [0.15, 0.2) is 0 Å². The summed E-state index contributed by atoms with van der Waals surface area (Å²) in [5.41, 5.74) is 0.722. The lowest BCUT2D eigenvalue weighted by atomic mass is 9.97. The van der Waals surface area contributed by atoms with Crippen LogP contribution in [0.15, 0.2) is 27.1 Å². The summed E-state index contributed by atoms with van der Waals surface area (Å²) in [7, 11) is 1.73. The lowest BCUT2D eigenvalue weighted by Gasteiger charge is -2.32. The van der Waals surface area contributed by atoms with Crippen LogP contribution in [0.3, 0.4) is 0 Å². The highest BCUT2D eigenvalue weighted by molar-refractivity contribution is 9.11. The lowest BCUT2D eigenvalue weighted by Crippen LogP contribution is -2.39. The first-order chi connectivity index (χ1) is 9.11. The monoisotopic (exact) mass is 389 g/mol. The smallest absolute Gasteiger partial charge is 0.255 e. The van der Waals surface area contributed by atoms with Crippen molar-refractivity contribution < 1.29 is 9.53 Å². The van der Waals surface area contributed by atoms with Gasteiger partial charge in [-0.25, -0.2) is 0 Å². The third-order valence-corrected chi connectivity index (χ3v) is 4.65. The van der Waals surface area contributed by atoms with E-state index in [4.69, 9.17) is 4.74 Å². The summed E-state index contributed by atoms with van der Waals surface area (Å²) in [5.74, 6) is 0.684. The summed E-state index contributed by atoms with van der Waals surface area (Å²) in [5, 5.41) is 0. The molecule has 3 nitrogen and oxygen atoms in total. The number of piperidine rings is 1. The molecule has 0 unspecified atom stereocenters. The molecule has 0 radical (unpaired) electrons. The molecule has 1 heterocycles. The van der Waals surface area contributed by atoms with Crippen LogP contribution >= 0.6 is 31.9 Å². The molecular formula is C14H17Br2NO2. The first-order valence-electron chi connectivity index (χ1n) is 6.35. The van der Waals surface area contributed by atoms with Crippen LogP contribution in [0.2, 0.25) is 0 Å². The van der Waals surface area contributed by atoms with Gasteiger partial charge in [0.25, 0.3) is 5.91 Å². The molecule has 1 aliphatic rings. The van der Waals surface area contributed by atoms with Crippen molar-refractivity contribution in [1.29, 1.82) is 0 Å². The molecule has 0 saturated carbocycles. The zero-order valence-corrected chi connectivity index (χ0v) is 14.0. The van der Waals surface area contributed by atoms with Crippen molar-refractivity contribution >= 4 is 37.8 Å². The van der Waals surface area contributed by atoms with E-state index in [9.17, 15) is 4.79 Å². The predicted octanol–water partition coefficient (Wildman–Crippen LogP) is 3.71. The Hall–Kier alpha value is -0.390. The number of rotatable bonds is 3. The van der Waals surface area contributed by atoms with Gasteiger partial charge in [-0.1, -0.05) is 15.9 Å². The molecule has 5 heteroatoms. The van der Waals surface area contributed by atoms with Crippen LogP contribution in [0.1, 0.15) is 23.2 Å². The molecule has 104 valence electrons. The summed E-state index contributed by atoms with van der Waals surface area (Å²) in [4.78, 5) is 14.4. The highest BCUT2D eigenvalue weighted by Gasteiger charge is 2.24. The minimum atomic E-state index is 0.101. The van der Waals surface area contributed by atoms with E-state index in [0.717, 1.165) is 47.0 Å².